The van der Waals surface area contributed by atoms with Crippen LogP contribution in [0.3, 0.4) is 0 Å². The average molecular weight is 298 g/mol. The van der Waals surface area contributed by atoms with Crippen molar-refractivity contribution in [2.75, 3.05) is 38.6 Å². The van der Waals surface area contributed by atoms with Crippen LogP contribution in [0, 0.1) is 0 Å². The Kier molecular flexibility index (Phi) is 5.23. The molecule has 1 aliphatic rings. The predicted octanol–water partition coefficient (Wildman–Crippen LogP) is 1.58. The highest BCUT2D eigenvalue weighted by atomic mass is 35.5. The van der Waals surface area contributed by atoms with Gasteiger partial charge in [0.25, 0.3) is 0 Å². The Balaban J connectivity index is 1.95. The lowest BCUT2D eigenvalue weighted by Crippen LogP contribution is -2.51. The molecule has 1 amide bonds. The van der Waals surface area contributed by atoms with E-state index in [-0.39, 0.29) is 5.91 Å². The van der Waals surface area contributed by atoms with E-state index in [9.17, 15) is 4.79 Å². The molecule has 6 heteroatoms. The van der Waals surface area contributed by atoms with Crippen LogP contribution in [0.25, 0.3) is 0 Å². The molecule has 2 rings (SSSR count). The number of benzene rings is 1. The van der Waals surface area contributed by atoms with Gasteiger partial charge in [0, 0.05) is 30.7 Å². The Hall–Kier alpha value is -1.30. The SMILES string of the molecule is COc1ccc(Cl)cc1NC(=O)CN1CCNC(C)C1. The minimum atomic E-state index is -0.0559. The quantitative estimate of drug-likeness (QED) is 0.886. The van der Waals surface area contributed by atoms with Gasteiger partial charge < -0.3 is 15.4 Å². The molecule has 110 valence electrons. The second kappa shape index (κ2) is 6.92. The molecule has 1 fully saturated rings. The van der Waals surface area contributed by atoms with Crippen molar-refractivity contribution in [2.24, 2.45) is 0 Å². The Morgan fingerprint density at radius 2 is 2.40 bits per heavy atom. The van der Waals surface area contributed by atoms with Gasteiger partial charge in [-0.3, -0.25) is 9.69 Å². The van der Waals surface area contributed by atoms with Crippen molar-refractivity contribution < 1.29 is 9.53 Å². The Bertz CT molecular complexity index is 481. The number of methoxy groups -OCH3 is 1. The summed E-state index contributed by atoms with van der Waals surface area (Å²) < 4.78 is 5.21. The first-order valence-electron chi connectivity index (χ1n) is 6.67. The van der Waals surface area contributed by atoms with E-state index in [2.05, 4.69) is 22.5 Å². The summed E-state index contributed by atoms with van der Waals surface area (Å²) in [6.45, 7) is 5.16. The molecular formula is C14H20ClN3O2. The number of rotatable bonds is 4. The van der Waals surface area contributed by atoms with Crippen molar-refractivity contribution >= 4 is 23.2 Å². The Labute approximate surface area is 124 Å². The van der Waals surface area contributed by atoms with Gasteiger partial charge in [-0.25, -0.2) is 0 Å². The lowest BCUT2D eigenvalue weighted by molar-refractivity contribution is -0.117. The fourth-order valence-corrected chi connectivity index (χ4v) is 2.50. The molecule has 20 heavy (non-hydrogen) atoms. The number of nitrogens with zero attached hydrogens (tertiary/aromatic N) is 1. The van der Waals surface area contributed by atoms with E-state index in [4.69, 9.17) is 16.3 Å². The first-order valence-corrected chi connectivity index (χ1v) is 7.05. The van der Waals surface area contributed by atoms with Crippen molar-refractivity contribution in [2.45, 2.75) is 13.0 Å². The van der Waals surface area contributed by atoms with Gasteiger partial charge >= 0.3 is 0 Å². The molecule has 1 atom stereocenters. The molecule has 1 heterocycles. The molecule has 0 spiro atoms. The van der Waals surface area contributed by atoms with E-state index in [0.29, 0.717) is 29.0 Å². The maximum Gasteiger partial charge on any atom is 0.238 e. The molecule has 0 saturated carbocycles. The largest absolute Gasteiger partial charge is 0.495 e. The van der Waals surface area contributed by atoms with Crippen molar-refractivity contribution in [1.82, 2.24) is 10.2 Å². The van der Waals surface area contributed by atoms with Crippen molar-refractivity contribution in [3.05, 3.63) is 23.2 Å². The summed E-state index contributed by atoms with van der Waals surface area (Å²) in [6.07, 6.45) is 0. The van der Waals surface area contributed by atoms with Gasteiger partial charge in [-0.05, 0) is 25.1 Å². The molecule has 0 aliphatic carbocycles. The lowest BCUT2D eigenvalue weighted by atomic mass is 10.2. The molecule has 0 bridgehead atoms. The van der Waals surface area contributed by atoms with Crippen LogP contribution in [-0.4, -0.2) is 50.1 Å². The van der Waals surface area contributed by atoms with E-state index >= 15 is 0 Å². The number of amides is 1. The zero-order valence-electron chi connectivity index (χ0n) is 11.8. The number of piperazine rings is 1. The minimum absolute atomic E-state index is 0.0559. The zero-order chi connectivity index (χ0) is 14.5. The Morgan fingerprint density at radius 3 is 3.10 bits per heavy atom. The van der Waals surface area contributed by atoms with E-state index in [1.807, 2.05) is 0 Å². The van der Waals surface area contributed by atoms with Gasteiger partial charge in [0.05, 0.1) is 19.3 Å². The van der Waals surface area contributed by atoms with Crippen LogP contribution in [0.2, 0.25) is 5.02 Å². The molecule has 0 radical (unpaired) electrons. The van der Waals surface area contributed by atoms with E-state index in [0.717, 1.165) is 19.6 Å². The van der Waals surface area contributed by atoms with E-state index in [1.165, 1.54) is 0 Å². The third-order valence-corrected chi connectivity index (χ3v) is 3.49. The van der Waals surface area contributed by atoms with Crippen molar-refractivity contribution in [3.8, 4) is 5.75 Å². The normalized spacial score (nSPS) is 19.6. The second-order valence-corrected chi connectivity index (χ2v) is 5.42. The number of carbonyl (C=O) groups excluding carboxylic acids is 1. The highest BCUT2D eigenvalue weighted by Crippen LogP contribution is 2.27. The van der Waals surface area contributed by atoms with E-state index in [1.54, 1.807) is 25.3 Å². The molecule has 1 unspecified atom stereocenters. The van der Waals surface area contributed by atoms with Gasteiger partial charge in [-0.1, -0.05) is 11.6 Å². The number of ether oxygens (including phenoxy) is 1. The van der Waals surface area contributed by atoms with E-state index < -0.39 is 0 Å². The van der Waals surface area contributed by atoms with Crippen LogP contribution in [0.15, 0.2) is 18.2 Å². The number of carbonyl (C=O) groups is 1. The van der Waals surface area contributed by atoms with Gasteiger partial charge in [0.2, 0.25) is 5.91 Å². The topological polar surface area (TPSA) is 53.6 Å². The van der Waals surface area contributed by atoms with Gasteiger partial charge in [0.15, 0.2) is 0 Å². The van der Waals surface area contributed by atoms with Crippen LogP contribution in [0.1, 0.15) is 6.92 Å². The van der Waals surface area contributed by atoms with Crippen LogP contribution >= 0.6 is 11.6 Å². The number of anilines is 1. The van der Waals surface area contributed by atoms with Crippen molar-refractivity contribution in [1.29, 1.82) is 0 Å². The molecule has 2 N–H and O–H groups in total. The average Bonchev–Trinajstić information content (AvgIpc) is 2.38. The molecule has 1 aromatic carbocycles. The third kappa shape index (κ3) is 4.10. The summed E-state index contributed by atoms with van der Waals surface area (Å²) in [5.41, 5.74) is 0.605. The predicted molar refractivity (Wildman–Crippen MR) is 80.5 cm³/mol. The second-order valence-electron chi connectivity index (χ2n) is 4.98. The zero-order valence-corrected chi connectivity index (χ0v) is 12.5. The fraction of sp³-hybridized carbons (Fsp3) is 0.500. The first-order chi connectivity index (χ1) is 9.58. The summed E-state index contributed by atoms with van der Waals surface area (Å²) in [5, 5.41) is 6.77. The Morgan fingerprint density at radius 1 is 1.60 bits per heavy atom. The minimum Gasteiger partial charge on any atom is -0.495 e. The fourth-order valence-electron chi connectivity index (χ4n) is 2.33. The molecular weight excluding hydrogens is 278 g/mol. The molecule has 0 aromatic heterocycles. The summed E-state index contributed by atoms with van der Waals surface area (Å²) >= 11 is 5.94. The summed E-state index contributed by atoms with van der Waals surface area (Å²) in [5.74, 6) is 0.552. The number of halogens is 1. The maximum absolute atomic E-state index is 12.1. The third-order valence-electron chi connectivity index (χ3n) is 3.26. The number of hydrogen-bond acceptors (Lipinski definition) is 4. The van der Waals surface area contributed by atoms with Crippen LogP contribution < -0.4 is 15.4 Å². The molecule has 1 aromatic rings. The standard InChI is InChI=1S/C14H20ClN3O2/c1-10-8-18(6-5-16-10)9-14(19)17-12-7-11(15)3-4-13(12)20-2/h3-4,7,10,16H,5-6,8-9H2,1-2H3,(H,17,19). The molecule has 1 aliphatic heterocycles. The van der Waals surface area contributed by atoms with Crippen molar-refractivity contribution in [3.63, 3.8) is 0 Å². The molecule has 1 saturated heterocycles. The summed E-state index contributed by atoms with van der Waals surface area (Å²) in [6, 6.07) is 5.58. The van der Waals surface area contributed by atoms with Crippen LogP contribution in [0.5, 0.6) is 5.75 Å². The van der Waals surface area contributed by atoms with Gasteiger partial charge in [-0.2, -0.15) is 0 Å². The summed E-state index contributed by atoms with van der Waals surface area (Å²) in [4.78, 5) is 14.2. The number of hydrogen-bond donors (Lipinski definition) is 2. The maximum atomic E-state index is 12.1. The van der Waals surface area contributed by atoms with Crippen LogP contribution in [-0.2, 0) is 4.79 Å². The highest BCUT2D eigenvalue weighted by molar-refractivity contribution is 6.31. The first kappa shape index (κ1) is 15.1. The highest BCUT2D eigenvalue weighted by Gasteiger charge is 2.18. The molecule has 5 nitrogen and oxygen atoms in total. The lowest BCUT2D eigenvalue weighted by Gasteiger charge is -2.31. The summed E-state index contributed by atoms with van der Waals surface area (Å²) in [7, 11) is 1.57. The van der Waals surface area contributed by atoms with Gasteiger partial charge in [-0.15, -0.1) is 0 Å². The smallest absolute Gasteiger partial charge is 0.238 e. The van der Waals surface area contributed by atoms with Crippen LogP contribution in [0.4, 0.5) is 5.69 Å². The monoisotopic (exact) mass is 297 g/mol. The van der Waals surface area contributed by atoms with Gasteiger partial charge in [0.1, 0.15) is 5.75 Å². The number of nitrogens with one attached hydrogen (secondary N) is 2.